The Morgan fingerprint density at radius 1 is 1.18 bits per heavy atom. The van der Waals surface area contributed by atoms with Gasteiger partial charge in [-0.2, -0.15) is 0 Å². The van der Waals surface area contributed by atoms with E-state index in [2.05, 4.69) is 17.1 Å². The Balaban J connectivity index is 0.00000242. The quantitative estimate of drug-likeness (QED) is 0.845. The smallest absolute Gasteiger partial charge is 0.317 e. The maximum atomic E-state index is 11.9. The summed E-state index contributed by atoms with van der Waals surface area (Å²) in [6.07, 6.45) is 2.34. The zero-order valence-corrected chi connectivity index (χ0v) is 14.5. The van der Waals surface area contributed by atoms with Crippen LogP contribution in [0, 0.1) is 5.92 Å². The Bertz CT molecular complexity index is 588. The minimum absolute atomic E-state index is 0. The molecule has 1 fully saturated rings. The molecule has 1 aliphatic rings. The Hall–Kier alpha value is -1.11. The summed E-state index contributed by atoms with van der Waals surface area (Å²) in [7, 11) is 3.25. The molecule has 7 heteroatoms. The molecule has 22 heavy (non-hydrogen) atoms. The summed E-state index contributed by atoms with van der Waals surface area (Å²) >= 11 is 0. The molecule has 2 rings (SSSR count). The lowest BCUT2D eigenvalue weighted by atomic mass is 9.96. The molecular formula is C15H27ClN4O2. The fourth-order valence-electron chi connectivity index (χ4n) is 2.86. The van der Waals surface area contributed by atoms with Crippen molar-refractivity contribution in [1.82, 2.24) is 19.4 Å². The molecule has 0 saturated carbocycles. The average Bonchev–Trinajstić information content (AvgIpc) is 2.50. The summed E-state index contributed by atoms with van der Waals surface area (Å²) in [5.74, 6) is 0.744. The lowest BCUT2D eigenvalue weighted by Crippen LogP contribution is -2.41. The summed E-state index contributed by atoms with van der Waals surface area (Å²) in [4.78, 5) is 26.0. The number of aromatic nitrogens is 2. The van der Waals surface area contributed by atoms with E-state index in [0.717, 1.165) is 42.4 Å². The van der Waals surface area contributed by atoms with Crippen molar-refractivity contribution in [2.24, 2.45) is 20.0 Å². The van der Waals surface area contributed by atoms with Gasteiger partial charge in [0.25, 0.3) is 5.56 Å². The molecule has 1 aromatic heterocycles. The van der Waals surface area contributed by atoms with Gasteiger partial charge in [0.2, 0.25) is 0 Å². The molecule has 0 spiro atoms. The zero-order chi connectivity index (χ0) is 15.4. The van der Waals surface area contributed by atoms with Crippen LogP contribution >= 0.6 is 12.4 Å². The van der Waals surface area contributed by atoms with Crippen LogP contribution in [-0.4, -0.2) is 40.2 Å². The van der Waals surface area contributed by atoms with Crippen molar-refractivity contribution in [3.63, 3.8) is 0 Å². The van der Waals surface area contributed by atoms with Crippen molar-refractivity contribution in [3.05, 3.63) is 32.6 Å². The van der Waals surface area contributed by atoms with Gasteiger partial charge in [0.05, 0.1) is 0 Å². The number of nitrogens with zero attached hydrogens (tertiary/aromatic N) is 3. The molecule has 1 saturated heterocycles. The van der Waals surface area contributed by atoms with Gasteiger partial charge in [0.15, 0.2) is 0 Å². The molecule has 0 aromatic carbocycles. The zero-order valence-electron chi connectivity index (χ0n) is 13.7. The van der Waals surface area contributed by atoms with Crippen LogP contribution in [0.15, 0.2) is 15.7 Å². The highest BCUT2D eigenvalue weighted by Crippen LogP contribution is 2.17. The predicted octanol–water partition coefficient (Wildman–Crippen LogP) is 0.327. The van der Waals surface area contributed by atoms with E-state index in [1.165, 1.54) is 19.9 Å². The summed E-state index contributed by atoms with van der Waals surface area (Å²) in [5, 5.41) is 3.40. The van der Waals surface area contributed by atoms with Crippen molar-refractivity contribution in [2.45, 2.75) is 26.3 Å². The Labute approximate surface area is 137 Å². The third kappa shape index (κ3) is 4.44. The van der Waals surface area contributed by atoms with Gasteiger partial charge < -0.3 is 5.32 Å². The number of likely N-dealkylation sites (tertiary alicyclic amines) is 1. The number of nitrogens with one attached hydrogen (secondary N) is 1. The first-order valence-electron chi connectivity index (χ1n) is 7.72. The monoisotopic (exact) mass is 330 g/mol. The number of piperidine rings is 1. The average molecular weight is 331 g/mol. The van der Waals surface area contributed by atoms with Crippen LogP contribution in [0.1, 0.15) is 25.5 Å². The lowest BCUT2D eigenvalue weighted by molar-refractivity contribution is 0.172. The Morgan fingerprint density at radius 2 is 1.82 bits per heavy atom. The SMILES string of the molecule is CCNCC1CCN(Cc2cc(=O)n(C)c(=O)n2C)CC1.Cl. The molecule has 6 nitrogen and oxygen atoms in total. The van der Waals surface area contributed by atoms with Crippen molar-refractivity contribution in [1.29, 1.82) is 0 Å². The van der Waals surface area contributed by atoms with Crippen LogP contribution < -0.4 is 16.6 Å². The van der Waals surface area contributed by atoms with Crippen molar-refractivity contribution >= 4 is 12.4 Å². The van der Waals surface area contributed by atoms with Crippen molar-refractivity contribution in [2.75, 3.05) is 26.2 Å². The molecule has 1 aromatic rings. The van der Waals surface area contributed by atoms with E-state index in [0.29, 0.717) is 6.54 Å². The number of hydrogen-bond acceptors (Lipinski definition) is 4. The predicted molar refractivity (Wildman–Crippen MR) is 90.7 cm³/mol. The van der Waals surface area contributed by atoms with E-state index in [4.69, 9.17) is 0 Å². The molecule has 126 valence electrons. The largest absolute Gasteiger partial charge is 0.330 e. The summed E-state index contributed by atoms with van der Waals surface area (Å²) in [6.45, 7) is 6.98. The molecule has 1 aliphatic heterocycles. The maximum Gasteiger partial charge on any atom is 0.330 e. The molecule has 0 radical (unpaired) electrons. The lowest BCUT2D eigenvalue weighted by Gasteiger charge is -2.32. The number of halogens is 1. The number of hydrogen-bond donors (Lipinski definition) is 1. The molecule has 2 heterocycles. The second kappa shape index (κ2) is 8.50. The van der Waals surface area contributed by atoms with E-state index >= 15 is 0 Å². The van der Waals surface area contributed by atoms with E-state index < -0.39 is 0 Å². The first kappa shape index (κ1) is 18.9. The minimum atomic E-state index is -0.250. The van der Waals surface area contributed by atoms with Crippen LogP contribution in [0.3, 0.4) is 0 Å². The van der Waals surface area contributed by atoms with E-state index in [1.54, 1.807) is 17.7 Å². The standard InChI is InChI=1S/C15H26N4O2.ClH/c1-4-16-10-12-5-7-19(8-6-12)11-13-9-14(20)18(3)15(21)17(13)2;/h9,12,16H,4-8,10-11H2,1-3H3;1H. The van der Waals surface area contributed by atoms with Gasteiger partial charge in [-0.25, -0.2) is 4.79 Å². The van der Waals surface area contributed by atoms with Crippen LogP contribution in [-0.2, 0) is 20.6 Å². The highest BCUT2D eigenvalue weighted by atomic mass is 35.5. The van der Waals surface area contributed by atoms with Gasteiger partial charge in [-0.15, -0.1) is 12.4 Å². The van der Waals surface area contributed by atoms with Gasteiger partial charge in [0.1, 0.15) is 0 Å². The van der Waals surface area contributed by atoms with Gasteiger partial charge in [-0.1, -0.05) is 6.92 Å². The second-order valence-corrected chi connectivity index (χ2v) is 5.90. The van der Waals surface area contributed by atoms with Gasteiger partial charge in [-0.3, -0.25) is 18.8 Å². The van der Waals surface area contributed by atoms with Gasteiger partial charge >= 0.3 is 5.69 Å². The summed E-state index contributed by atoms with van der Waals surface area (Å²) in [5.41, 5.74) is 0.322. The Morgan fingerprint density at radius 3 is 2.41 bits per heavy atom. The molecule has 0 unspecified atom stereocenters. The van der Waals surface area contributed by atoms with Crippen LogP contribution in [0.5, 0.6) is 0 Å². The van der Waals surface area contributed by atoms with Crippen molar-refractivity contribution in [3.8, 4) is 0 Å². The summed E-state index contributed by atoms with van der Waals surface area (Å²) < 4.78 is 2.72. The van der Waals surface area contributed by atoms with Crippen LogP contribution in [0.2, 0.25) is 0 Å². The van der Waals surface area contributed by atoms with Crippen molar-refractivity contribution < 1.29 is 0 Å². The normalized spacial score (nSPS) is 16.5. The van der Waals surface area contributed by atoms with Gasteiger partial charge in [0, 0.05) is 32.4 Å². The molecule has 0 amide bonds. The number of rotatable bonds is 5. The van der Waals surface area contributed by atoms with E-state index in [9.17, 15) is 9.59 Å². The first-order chi connectivity index (χ1) is 10.0. The third-order valence-corrected chi connectivity index (χ3v) is 4.40. The molecule has 0 aliphatic carbocycles. The fraction of sp³-hybridized carbons (Fsp3) is 0.733. The van der Waals surface area contributed by atoms with Crippen LogP contribution in [0.25, 0.3) is 0 Å². The third-order valence-electron chi connectivity index (χ3n) is 4.40. The summed E-state index contributed by atoms with van der Waals surface area (Å²) in [6, 6.07) is 1.58. The second-order valence-electron chi connectivity index (χ2n) is 5.90. The first-order valence-corrected chi connectivity index (χ1v) is 7.72. The molecule has 1 N–H and O–H groups in total. The topological polar surface area (TPSA) is 59.3 Å². The minimum Gasteiger partial charge on any atom is -0.317 e. The van der Waals surface area contributed by atoms with E-state index in [-0.39, 0.29) is 23.7 Å². The van der Waals surface area contributed by atoms with E-state index in [1.807, 2.05) is 0 Å². The van der Waals surface area contributed by atoms with Crippen LogP contribution in [0.4, 0.5) is 0 Å². The molecular weight excluding hydrogens is 304 g/mol. The maximum absolute atomic E-state index is 11.9. The fourth-order valence-corrected chi connectivity index (χ4v) is 2.86. The Kier molecular flexibility index (Phi) is 7.32. The molecule has 0 atom stereocenters. The highest BCUT2D eigenvalue weighted by molar-refractivity contribution is 5.85. The van der Waals surface area contributed by atoms with Gasteiger partial charge in [-0.05, 0) is 44.9 Å². The molecule has 0 bridgehead atoms. The highest BCUT2D eigenvalue weighted by Gasteiger charge is 2.19.